The van der Waals surface area contributed by atoms with Gasteiger partial charge in [-0.1, -0.05) is 46.3 Å². The van der Waals surface area contributed by atoms with Crippen LogP contribution >= 0.6 is 15.9 Å². The number of ether oxygens (including phenoxy) is 1. The van der Waals surface area contributed by atoms with Crippen molar-refractivity contribution in [3.63, 3.8) is 0 Å². The van der Waals surface area contributed by atoms with Gasteiger partial charge in [0.15, 0.2) is 0 Å². The molecule has 0 aliphatic carbocycles. The number of halogens is 1. The van der Waals surface area contributed by atoms with E-state index in [0.717, 1.165) is 15.6 Å². The van der Waals surface area contributed by atoms with E-state index in [1.165, 1.54) is 4.68 Å². The zero-order chi connectivity index (χ0) is 24.9. The maximum absolute atomic E-state index is 13.2. The Hall–Kier alpha value is -4.11. The van der Waals surface area contributed by atoms with Crippen molar-refractivity contribution < 1.29 is 19.1 Å². The summed E-state index contributed by atoms with van der Waals surface area (Å²) in [7, 11) is 1.57. The van der Waals surface area contributed by atoms with Crippen molar-refractivity contribution in [3.8, 4) is 5.75 Å². The Labute approximate surface area is 210 Å². The van der Waals surface area contributed by atoms with E-state index in [9.17, 15) is 14.4 Å². The SMILES string of the molecule is COc1ccc(CNC(=O)C(=O)Nn2c(C(=O)Nc3ccccc3C)cc3cc(Br)ccc32)cc1. The maximum atomic E-state index is 13.2. The molecule has 9 heteroatoms. The lowest BCUT2D eigenvalue weighted by molar-refractivity contribution is -0.136. The number of methoxy groups -OCH3 is 1. The maximum Gasteiger partial charge on any atom is 0.328 e. The summed E-state index contributed by atoms with van der Waals surface area (Å²) in [4.78, 5) is 38.4. The molecular formula is C26H23BrN4O4. The number of carbonyl (C=O) groups is 3. The minimum absolute atomic E-state index is 0.163. The Morgan fingerprint density at radius 1 is 0.943 bits per heavy atom. The summed E-state index contributed by atoms with van der Waals surface area (Å²) in [6.45, 7) is 2.05. The number of aryl methyl sites for hydroxylation is 1. The number of benzene rings is 3. The van der Waals surface area contributed by atoms with E-state index in [2.05, 4.69) is 32.0 Å². The number of para-hydroxylation sites is 1. The molecule has 3 aromatic carbocycles. The van der Waals surface area contributed by atoms with Gasteiger partial charge in [-0.15, -0.1) is 0 Å². The first-order valence-electron chi connectivity index (χ1n) is 10.8. The van der Waals surface area contributed by atoms with Crippen LogP contribution in [-0.4, -0.2) is 29.5 Å². The van der Waals surface area contributed by atoms with E-state index in [1.54, 1.807) is 55.6 Å². The van der Waals surface area contributed by atoms with Gasteiger partial charge in [0.05, 0.1) is 12.6 Å². The zero-order valence-electron chi connectivity index (χ0n) is 19.1. The smallest absolute Gasteiger partial charge is 0.328 e. The van der Waals surface area contributed by atoms with Crippen molar-refractivity contribution in [1.82, 2.24) is 9.99 Å². The molecule has 0 aliphatic heterocycles. The summed E-state index contributed by atoms with van der Waals surface area (Å²) < 4.78 is 7.26. The van der Waals surface area contributed by atoms with E-state index >= 15 is 0 Å². The molecule has 0 bridgehead atoms. The largest absolute Gasteiger partial charge is 0.497 e. The number of carbonyl (C=O) groups excluding carboxylic acids is 3. The highest BCUT2D eigenvalue weighted by Crippen LogP contribution is 2.24. The third-order valence-corrected chi connectivity index (χ3v) is 5.91. The Morgan fingerprint density at radius 3 is 2.40 bits per heavy atom. The highest BCUT2D eigenvalue weighted by atomic mass is 79.9. The van der Waals surface area contributed by atoms with E-state index in [0.29, 0.717) is 22.3 Å². The summed E-state index contributed by atoms with van der Waals surface area (Å²) in [6.07, 6.45) is 0. The second-order valence-electron chi connectivity index (χ2n) is 7.81. The molecule has 1 aromatic heterocycles. The van der Waals surface area contributed by atoms with Crippen LogP contribution in [0.3, 0.4) is 0 Å². The van der Waals surface area contributed by atoms with Gasteiger partial charge >= 0.3 is 11.8 Å². The number of fused-ring (bicyclic) bond motifs is 1. The fourth-order valence-electron chi connectivity index (χ4n) is 3.53. The summed E-state index contributed by atoms with van der Waals surface area (Å²) >= 11 is 3.42. The minimum atomic E-state index is -0.899. The first-order valence-corrected chi connectivity index (χ1v) is 11.5. The molecule has 35 heavy (non-hydrogen) atoms. The lowest BCUT2D eigenvalue weighted by Gasteiger charge is -2.13. The van der Waals surface area contributed by atoms with Crippen LogP contribution in [0.1, 0.15) is 21.6 Å². The Balaban J connectivity index is 1.54. The second-order valence-corrected chi connectivity index (χ2v) is 8.72. The number of nitrogens with zero attached hydrogens (tertiary/aromatic N) is 1. The molecule has 0 fully saturated rings. The average molecular weight is 535 g/mol. The number of nitrogens with one attached hydrogen (secondary N) is 3. The highest BCUT2D eigenvalue weighted by molar-refractivity contribution is 9.10. The fraction of sp³-hybridized carbons (Fsp3) is 0.115. The quantitative estimate of drug-likeness (QED) is 0.320. The van der Waals surface area contributed by atoms with Crippen molar-refractivity contribution in [2.24, 2.45) is 0 Å². The van der Waals surface area contributed by atoms with Gasteiger partial charge in [-0.25, -0.2) is 4.68 Å². The van der Waals surface area contributed by atoms with Crippen LogP contribution in [0.4, 0.5) is 5.69 Å². The summed E-state index contributed by atoms with van der Waals surface area (Å²) in [6, 6.07) is 21.5. The van der Waals surface area contributed by atoms with E-state index in [-0.39, 0.29) is 12.2 Å². The first kappa shape index (κ1) is 24.0. The van der Waals surface area contributed by atoms with Crippen molar-refractivity contribution in [2.45, 2.75) is 13.5 Å². The lowest BCUT2D eigenvalue weighted by atomic mass is 10.2. The molecule has 0 saturated heterocycles. The molecule has 0 saturated carbocycles. The average Bonchev–Trinajstić information content (AvgIpc) is 3.21. The summed E-state index contributed by atoms with van der Waals surface area (Å²) in [5, 5.41) is 6.17. The molecule has 0 unspecified atom stereocenters. The predicted octanol–water partition coefficient (Wildman–Crippen LogP) is 4.36. The molecule has 1 heterocycles. The lowest BCUT2D eigenvalue weighted by Crippen LogP contribution is -2.39. The van der Waals surface area contributed by atoms with Crippen LogP contribution in [0.2, 0.25) is 0 Å². The van der Waals surface area contributed by atoms with E-state index < -0.39 is 17.7 Å². The molecule has 4 aromatic rings. The predicted molar refractivity (Wildman–Crippen MR) is 138 cm³/mol. The molecule has 3 N–H and O–H groups in total. The van der Waals surface area contributed by atoms with Crippen molar-refractivity contribution >= 4 is 50.2 Å². The molecule has 0 radical (unpaired) electrons. The second kappa shape index (κ2) is 10.4. The topological polar surface area (TPSA) is 101 Å². The Kier molecular flexibility index (Phi) is 7.17. The van der Waals surface area contributed by atoms with Gasteiger partial charge in [-0.2, -0.15) is 0 Å². The van der Waals surface area contributed by atoms with Crippen LogP contribution in [0, 0.1) is 6.92 Å². The Bertz CT molecular complexity index is 1410. The van der Waals surface area contributed by atoms with Crippen LogP contribution in [-0.2, 0) is 16.1 Å². The molecular weight excluding hydrogens is 512 g/mol. The molecule has 0 atom stereocenters. The van der Waals surface area contributed by atoms with Crippen LogP contribution in [0.15, 0.2) is 77.3 Å². The van der Waals surface area contributed by atoms with Gasteiger partial charge in [0, 0.05) is 22.1 Å². The van der Waals surface area contributed by atoms with Gasteiger partial charge in [-0.05, 0) is 60.5 Å². The molecule has 3 amide bonds. The van der Waals surface area contributed by atoms with Crippen molar-refractivity contribution in [1.29, 1.82) is 0 Å². The van der Waals surface area contributed by atoms with E-state index in [1.807, 2.05) is 31.2 Å². The number of amides is 3. The highest BCUT2D eigenvalue weighted by Gasteiger charge is 2.21. The van der Waals surface area contributed by atoms with Crippen molar-refractivity contribution in [3.05, 3.63) is 94.1 Å². The molecule has 0 aliphatic rings. The fourth-order valence-corrected chi connectivity index (χ4v) is 3.91. The third-order valence-electron chi connectivity index (χ3n) is 5.42. The molecule has 178 valence electrons. The molecule has 4 rings (SSSR count). The van der Waals surface area contributed by atoms with Gasteiger partial charge in [-0.3, -0.25) is 19.8 Å². The zero-order valence-corrected chi connectivity index (χ0v) is 20.7. The third kappa shape index (κ3) is 5.52. The van der Waals surface area contributed by atoms with Crippen LogP contribution in [0.5, 0.6) is 5.75 Å². The van der Waals surface area contributed by atoms with Crippen molar-refractivity contribution in [2.75, 3.05) is 17.9 Å². The van der Waals surface area contributed by atoms with Crippen LogP contribution < -0.4 is 20.8 Å². The number of aromatic nitrogens is 1. The van der Waals surface area contributed by atoms with E-state index in [4.69, 9.17) is 4.74 Å². The van der Waals surface area contributed by atoms with Crippen LogP contribution in [0.25, 0.3) is 10.9 Å². The van der Waals surface area contributed by atoms with Gasteiger partial charge in [0.1, 0.15) is 11.4 Å². The van der Waals surface area contributed by atoms with Gasteiger partial charge in [0.2, 0.25) is 0 Å². The summed E-state index contributed by atoms with van der Waals surface area (Å²) in [5.41, 5.74) is 5.66. The Morgan fingerprint density at radius 2 is 1.69 bits per heavy atom. The minimum Gasteiger partial charge on any atom is -0.497 e. The monoisotopic (exact) mass is 534 g/mol. The number of hydrogen-bond acceptors (Lipinski definition) is 4. The first-order chi connectivity index (χ1) is 16.9. The molecule has 8 nitrogen and oxygen atoms in total. The van der Waals surface area contributed by atoms with Gasteiger partial charge in [0.25, 0.3) is 5.91 Å². The van der Waals surface area contributed by atoms with Gasteiger partial charge < -0.3 is 15.4 Å². The summed E-state index contributed by atoms with van der Waals surface area (Å²) in [5.74, 6) is -1.46. The number of rotatable bonds is 6. The normalized spacial score (nSPS) is 10.6. The number of anilines is 1. The molecule has 0 spiro atoms. The number of hydrogen-bond donors (Lipinski definition) is 3. The standard InChI is InChI=1S/C26H23BrN4O4/c1-16-5-3-4-6-21(16)29-24(32)23-14-18-13-19(27)9-12-22(18)31(23)30-26(34)25(33)28-15-17-7-10-20(35-2)11-8-17/h3-14H,15H2,1-2H3,(H,28,33)(H,29,32)(H,30,34).